The molecule has 0 atom stereocenters. The Labute approximate surface area is 55.7 Å². The number of hydrogen-bond donors (Lipinski definition) is 0. The van der Waals surface area contributed by atoms with Crippen molar-refractivity contribution in [3.63, 3.8) is 0 Å². The summed E-state index contributed by atoms with van der Waals surface area (Å²) in [4.78, 5) is 19.9. The molecule has 0 amide bonds. The fraction of sp³-hybridized carbons (Fsp3) is 0.500. The Hall–Kier alpha value is -0.640. The second kappa shape index (κ2) is 4.26. The van der Waals surface area contributed by atoms with Crippen LogP contribution in [0.2, 0.25) is 0 Å². The molecule has 0 radical (unpaired) electrons. The van der Waals surface area contributed by atoms with Crippen molar-refractivity contribution < 1.29 is 18.7 Å². The molecule has 3 nitrogen and oxygen atoms in total. The first kappa shape index (κ1) is 8.36. The molecule has 0 aliphatic heterocycles. The highest BCUT2D eigenvalue weighted by molar-refractivity contribution is 6.27. The van der Waals surface area contributed by atoms with Crippen LogP contribution in [0.3, 0.4) is 0 Å². The molecule has 0 aromatic heterocycles. The maximum atomic E-state index is 11.2. The van der Waals surface area contributed by atoms with Gasteiger partial charge in [-0.05, 0) is 0 Å². The minimum atomic E-state index is -1.30. The summed E-state index contributed by atoms with van der Waals surface area (Å²) in [6.45, 7) is -1.30. The van der Waals surface area contributed by atoms with E-state index in [4.69, 9.17) is 11.6 Å². The van der Waals surface area contributed by atoms with Crippen molar-refractivity contribution in [3.05, 3.63) is 0 Å². The molecular weight excluding hydrogens is 150 g/mol. The molecule has 9 heavy (non-hydrogen) atoms. The summed E-state index contributed by atoms with van der Waals surface area (Å²) in [5.74, 6) is -2.58. The molecular formula is C4H4ClFO3. The molecule has 0 fully saturated rings. The number of carbonyl (C=O) groups excluding carboxylic acids is 2. The van der Waals surface area contributed by atoms with E-state index in [1.807, 2.05) is 0 Å². The first-order valence-corrected chi connectivity index (χ1v) is 2.59. The molecule has 52 valence electrons. The average molecular weight is 155 g/mol. The number of hydrogen-bond acceptors (Lipinski definition) is 3. The highest BCUT2D eigenvalue weighted by atomic mass is 35.5. The van der Waals surface area contributed by atoms with Gasteiger partial charge in [-0.1, -0.05) is 0 Å². The van der Waals surface area contributed by atoms with Gasteiger partial charge >= 0.3 is 11.9 Å². The van der Waals surface area contributed by atoms with Gasteiger partial charge in [-0.15, -0.1) is 11.6 Å². The van der Waals surface area contributed by atoms with Gasteiger partial charge < -0.3 is 4.74 Å². The number of ether oxygens (including phenoxy) is 1. The lowest BCUT2D eigenvalue weighted by molar-refractivity contribution is -0.158. The first-order valence-electron chi connectivity index (χ1n) is 2.06. The molecule has 0 rings (SSSR count). The highest BCUT2D eigenvalue weighted by Crippen LogP contribution is 1.84. The molecule has 5 heteroatoms. The summed E-state index contributed by atoms with van der Waals surface area (Å²) >= 11 is 4.90. The van der Waals surface area contributed by atoms with Gasteiger partial charge in [-0.3, -0.25) is 4.79 Å². The monoisotopic (exact) mass is 154 g/mol. The Balaban J connectivity index is 3.47. The lowest BCUT2D eigenvalue weighted by Gasteiger charge is -1.93. The van der Waals surface area contributed by atoms with Gasteiger partial charge in [0.25, 0.3) is 0 Å². The SMILES string of the molecule is O=C(CF)OC(=O)CCl. The van der Waals surface area contributed by atoms with Gasteiger partial charge in [0, 0.05) is 0 Å². The topological polar surface area (TPSA) is 43.4 Å². The second-order valence-corrected chi connectivity index (χ2v) is 1.38. The fourth-order valence-electron chi connectivity index (χ4n) is 0.182. The Morgan fingerprint density at radius 1 is 1.44 bits per heavy atom. The lowest BCUT2D eigenvalue weighted by atomic mass is 10.7. The zero-order valence-electron chi connectivity index (χ0n) is 4.39. The minimum absolute atomic E-state index is 0.439. The van der Waals surface area contributed by atoms with E-state index in [0.29, 0.717) is 0 Å². The third-order valence-corrected chi connectivity index (χ3v) is 0.664. The van der Waals surface area contributed by atoms with Crippen LogP contribution in [0.15, 0.2) is 0 Å². The summed E-state index contributed by atoms with van der Waals surface area (Å²) < 4.78 is 15.0. The van der Waals surface area contributed by atoms with Crippen LogP contribution in [0.25, 0.3) is 0 Å². The van der Waals surface area contributed by atoms with Crippen LogP contribution < -0.4 is 0 Å². The van der Waals surface area contributed by atoms with Crippen LogP contribution in [0, 0.1) is 0 Å². The van der Waals surface area contributed by atoms with Crippen LogP contribution >= 0.6 is 11.6 Å². The standard InChI is InChI=1S/C4H4ClFO3/c5-1-3(7)9-4(8)2-6/h1-2H2. The molecule has 0 spiro atoms. The van der Waals surface area contributed by atoms with Gasteiger partial charge in [0.2, 0.25) is 0 Å². The van der Waals surface area contributed by atoms with Gasteiger partial charge in [0.15, 0.2) is 6.67 Å². The Morgan fingerprint density at radius 3 is 2.33 bits per heavy atom. The summed E-state index contributed by atoms with van der Waals surface area (Å²) in [5.41, 5.74) is 0. The van der Waals surface area contributed by atoms with E-state index in [1.165, 1.54) is 0 Å². The molecule has 0 aromatic rings. The summed E-state index contributed by atoms with van der Waals surface area (Å²) in [5, 5.41) is 0. The van der Waals surface area contributed by atoms with Crippen molar-refractivity contribution in [3.8, 4) is 0 Å². The summed E-state index contributed by atoms with van der Waals surface area (Å²) in [7, 11) is 0. The smallest absolute Gasteiger partial charge is 0.345 e. The predicted molar refractivity (Wildman–Crippen MR) is 27.8 cm³/mol. The van der Waals surface area contributed by atoms with Crippen molar-refractivity contribution in [1.29, 1.82) is 0 Å². The van der Waals surface area contributed by atoms with Crippen molar-refractivity contribution in [2.24, 2.45) is 0 Å². The Kier molecular flexibility index (Phi) is 3.96. The average Bonchev–Trinajstić information content (AvgIpc) is 1.87. The lowest BCUT2D eigenvalue weighted by Crippen LogP contribution is -2.14. The summed E-state index contributed by atoms with van der Waals surface area (Å²) in [6, 6.07) is 0. The van der Waals surface area contributed by atoms with Crippen molar-refractivity contribution >= 4 is 23.5 Å². The second-order valence-electron chi connectivity index (χ2n) is 1.11. The van der Waals surface area contributed by atoms with E-state index in [-0.39, 0.29) is 0 Å². The van der Waals surface area contributed by atoms with Crippen LogP contribution in [0.1, 0.15) is 0 Å². The van der Waals surface area contributed by atoms with Crippen LogP contribution in [-0.4, -0.2) is 24.5 Å². The van der Waals surface area contributed by atoms with Crippen molar-refractivity contribution in [1.82, 2.24) is 0 Å². The molecule has 0 saturated heterocycles. The highest BCUT2D eigenvalue weighted by Gasteiger charge is 2.06. The molecule has 0 aliphatic carbocycles. The molecule has 0 heterocycles. The Morgan fingerprint density at radius 2 is 2.00 bits per heavy atom. The number of halogens is 2. The number of alkyl halides is 2. The van der Waals surface area contributed by atoms with Gasteiger partial charge in [-0.25, -0.2) is 9.18 Å². The Bertz CT molecular complexity index is 111. The third-order valence-electron chi connectivity index (χ3n) is 0.446. The third kappa shape index (κ3) is 3.90. The van der Waals surface area contributed by atoms with Crippen LogP contribution in [0.5, 0.6) is 0 Å². The maximum Gasteiger partial charge on any atom is 0.345 e. The maximum absolute atomic E-state index is 11.2. The molecule has 0 aromatic carbocycles. The molecule has 0 aliphatic rings. The number of rotatable bonds is 2. The number of carbonyl (C=O) groups is 2. The van der Waals surface area contributed by atoms with Crippen molar-refractivity contribution in [2.75, 3.05) is 12.6 Å². The van der Waals surface area contributed by atoms with Crippen LogP contribution in [-0.2, 0) is 14.3 Å². The van der Waals surface area contributed by atoms with E-state index in [2.05, 4.69) is 4.74 Å². The zero-order chi connectivity index (χ0) is 7.28. The summed E-state index contributed by atoms with van der Waals surface area (Å²) in [6.07, 6.45) is 0. The fourth-order valence-corrected chi connectivity index (χ4v) is 0.236. The van der Waals surface area contributed by atoms with Gasteiger partial charge in [-0.2, -0.15) is 0 Å². The van der Waals surface area contributed by atoms with E-state index in [1.54, 1.807) is 0 Å². The van der Waals surface area contributed by atoms with Crippen LogP contribution in [0.4, 0.5) is 4.39 Å². The molecule has 0 bridgehead atoms. The molecule has 0 N–H and O–H groups in total. The van der Waals surface area contributed by atoms with E-state index in [0.717, 1.165) is 0 Å². The molecule has 0 unspecified atom stereocenters. The van der Waals surface area contributed by atoms with E-state index in [9.17, 15) is 14.0 Å². The minimum Gasteiger partial charge on any atom is -0.390 e. The van der Waals surface area contributed by atoms with Gasteiger partial charge in [0.05, 0.1) is 0 Å². The van der Waals surface area contributed by atoms with E-state index >= 15 is 0 Å². The predicted octanol–water partition coefficient (Wildman–Crippen LogP) is 0.264. The van der Waals surface area contributed by atoms with Crippen molar-refractivity contribution in [2.45, 2.75) is 0 Å². The van der Waals surface area contributed by atoms with E-state index < -0.39 is 24.5 Å². The normalized spacial score (nSPS) is 8.67. The zero-order valence-corrected chi connectivity index (χ0v) is 5.15. The first-order chi connectivity index (χ1) is 4.20. The largest absolute Gasteiger partial charge is 0.390 e. The number of esters is 2. The van der Waals surface area contributed by atoms with Gasteiger partial charge in [0.1, 0.15) is 5.88 Å². The quantitative estimate of drug-likeness (QED) is 0.326. The molecule has 0 saturated carbocycles.